The van der Waals surface area contributed by atoms with E-state index in [2.05, 4.69) is 35.7 Å². The molecule has 11 nitrogen and oxygen atoms in total. The number of hydrogen-bond acceptors (Lipinski definition) is 9. The van der Waals surface area contributed by atoms with Gasteiger partial charge < -0.3 is 33.7 Å². The second kappa shape index (κ2) is 14.8. The highest BCUT2D eigenvalue weighted by molar-refractivity contribution is 9.09. The summed E-state index contributed by atoms with van der Waals surface area (Å²) >= 11 is 3.34. The highest BCUT2D eigenvalue weighted by Gasteiger charge is 2.19. The monoisotopic (exact) mass is 610 g/mol. The Labute approximate surface area is 235 Å². The zero-order valence-electron chi connectivity index (χ0n) is 23.2. The number of aromatic amines is 2. The molecule has 2 heterocycles. The predicted molar refractivity (Wildman–Crippen MR) is 150 cm³/mol. The summed E-state index contributed by atoms with van der Waals surface area (Å²) in [5.74, 6) is 3.39. The maximum absolute atomic E-state index is 5.72. The van der Waals surface area contributed by atoms with Crippen molar-refractivity contribution in [3.05, 3.63) is 41.2 Å². The van der Waals surface area contributed by atoms with Crippen LogP contribution in [0.5, 0.6) is 28.7 Å². The van der Waals surface area contributed by atoms with Crippen LogP contribution in [0.2, 0.25) is 0 Å². The summed E-state index contributed by atoms with van der Waals surface area (Å²) in [6.07, 6.45) is 0. The van der Waals surface area contributed by atoms with Crippen molar-refractivity contribution >= 4 is 37.7 Å². The first-order chi connectivity index (χ1) is 19.0. The van der Waals surface area contributed by atoms with Gasteiger partial charge in [-0.25, -0.2) is 19.6 Å². The summed E-state index contributed by atoms with van der Waals surface area (Å²) in [6, 6.07) is 7.81. The van der Waals surface area contributed by atoms with Gasteiger partial charge in [-0.1, -0.05) is 15.9 Å². The molecule has 4 aromatic rings. The quantitative estimate of drug-likeness (QED) is 0.113. The average Bonchev–Trinajstić information content (AvgIpc) is 3.56. The fraction of sp³-hybridized carbons (Fsp3) is 0.407. The number of rotatable bonds is 13. The lowest BCUT2D eigenvalue weighted by atomic mass is 10.1. The number of ether oxygens (including phenoxy) is 5. The lowest BCUT2D eigenvalue weighted by Crippen LogP contribution is -2.02. The van der Waals surface area contributed by atoms with Crippen molar-refractivity contribution in [1.82, 2.24) is 9.97 Å². The molecule has 0 atom stereocenters. The summed E-state index contributed by atoms with van der Waals surface area (Å²) in [5, 5.41) is 2.68. The first-order valence-electron chi connectivity index (χ1n) is 12.0. The topological polar surface area (TPSA) is 115 Å². The Morgan fingerprint density at radius 1 is 0.641 bits per heavy atom. The molecule has 2 aromatic carbocycles. The van der Waals surface area contributed by atoms with Gasteiger partial charge in [0.05, 0.1) is 60.3 Å². The Morgan fingerprint density at radius 2 is 1.15 bits per heavy atom. The molecule has 0 spiro atoms. The van der Waals surface area contributed by atoms with E-state index in [1.807, 2.05) is 31.2 Å². The van der Waals surface area contributed by atoms with E-state index in [-0.39, 0.29) is 0 Å². The maximum atomic E-state index is 5.72. The van der Waals surface area contributed by atoms with Gasteiger partial charge in [0.2, 0.25) is 5.75 Å². The molecule has 0 saturated heterocycles. The lowest BCUT2D eigenvalue weighted by molar-refractivity contribution is -0.282. The van der Waals surface area contributed by atoms with Crippen LogP contribution in [0.4, 0.5) is 0 Å². The molecule has 12 heteroatoms. The molecule has 4 rings (SSSR count). The van der Waals surface area contributed by atoms with Crippen molar-refractivity contribution in [1.29, 1.82) is 0 Å². The summed E-state index contributed by atoms with van der Waals surface area (Å²) in [7, 11) is 9.45. The molecule has 0 radical (unpaired) electrons. The number of H-pyrrole nitrogens is 2. The molecule has 0 aliphatic carbocycles. The minimum atomic E-state index is 0.314. The molecule has 0 aliphatic heterocycles. The molecular weight excluding hydrogens is 576 g/mol. The number of alkyl halides is 1. The third-order valence-electron chi connectivity index (χ3n) is 5.81. The molecule has 0 aliphatic rings. The van der Waals surface area contributed by atoms with E-state index in [9.17, 15) is 0 Å². The van der Waals surface area contributed by atoms with E-state index in [1.54, 1.807) is 28.4 Å². The number of fused-ring (bicyclic) bond motifs is 2. The van der Waals surface area contributed by atoms with E-state index in [0.29, 0.717) is 37.1 Å². The fourth-order valence-corrected chi connectivity index (χ4v) is 4.29. The number of methoxy groups -OCH3 is 4. The normalized spacial score (nSPS) is 10.9. The highest BCUT2D eigenvalue weighted by Crippen LogP contribution is 2.43. The smallest absolute Gasteiger partial charge is 0.205 e. The van der Waals surface area contributed by atoms with Gasteiger partial charge in [-0.15, -0.1) is 0 Å². The summed E-state index contributed by atoms with van der Waals surface area (Å²) in [6.45, 7) is 3.14. The zero-order valence-corrected chi connectivity index (χ0v) is 24.8. The van der Waals surface area contributed by atoms with Gasteiger partial charge in [0.25, 0.3) is 0 Å². The average molecular weight is 611 g/mol. The van der Waals surface area contributed by atoms with Gasteiger partial charge in [0, 0.05) is 33.1 Å². The summed E-state index contributed by atoms with van der Waals surface area (Å²) < 4.78 is 27.4. The first-order valence-corrected chi connectivity index (χ1v) is 13.1. The van der Waals surface area contributed by atoms with Gasteiger partial charge in [-0.05, 0) is 31.2 Å². The van der Waals surface area contributed by atoms with E-state index in [1.165, 1.54) is 14.2 Å². The van der Waals surface area contributed by atoms with Gasteiger partial charge >= 0.3 is 0 Å². The molecule has 0 saturated carbocycles. The third kappa shape index (κ3) is 7.08. The molecule has 39 heavy (non-hydrogen) atoms. The van der Waals surface area contributed by atoms with E-state index < -0.39 is 0 Å². The van der Waals surface area contributed by atoms with Crippen LogP contribution in [-0.2, 0) is 32.8 Å². The van der Waals surface area contributed by atoms with Gasteiger partial charge in [-0.2, -0.15) is 0 Å². The van der Waals surface area contributed by atoms with E-state index >= 15 is 0 Å². The fourth-order valence-electron chi connectivity index (χ4n) is 4.13. The van der Waals surface area contributed by atoms with Crippen LogP contribution in [0.25, 0.3) is 21.8 Å². The predicted octanol–water partition coefficient (Wildman–Crippen LogP) is 5.61. The Bertz CT molecular complexity index is 1350. The molecule has 214 valence electrons. The van der Waals surface area contributed by atoms with Crippen molar-refractivity contribution < 1.29 is 43.2 Å². The van der Waals surface area contributed by atoms with Crippen molar-refractivity contribution in [3.63, 3.8) is 0 Å². The molecule has 2 N–H and O–H groups in total. The second-order valence-electron chi connectivity index (χ2n) is 8.09. The number of benzene rings is 2. The van der Waals surface area contributed by atoms with Crippen molar-refractivity contribution in [2.24, 2.45) is 0 Å². The molecule has 2 aromatic heterocycles. The summed E-state index contributed by atoms with van der Waals surface area (Å²) in [4.78, 5) is 25.5. The Balaban J connectivity index is 0.000000218. The Morgan fingerprint density at radius 3 is 1.62 bits per heavy atom. The van der Waals surface area contributed by atoms with E-state index in [4.69, 9.17) is 33.5 Å². The molecule has 0 amide bonds. The molecule has 0 bridgehead atoms. The zero-order chi connectivity index (χ0) is 28.4. The van der Waals surface area contributed by atoms with Crippen LogP contribution in [0.3, 0.4) is 0 Å². The van der Waals surface area contributed by atoms with Crippen molar-refractivity contribution in [2.75, 3.05) is 54.6 Å². The van der Waals surface area contributed by atoms with Gasteiger partial charge in [0.15, 0.2) is 11.5 Å². The van der Waals surface area contributed by atoms with Crippen LogP contribution in [0.15, 0.2) is 24.3 Å². The van der Waals surface area contributed by atoms with Crippen LogP contribution >= 0.6 is 15.9 Å². The third-order valence-corrected chi connectivity index (χ3v) is 6.14. The number of nitrogens with one attached hydrogen (secondary N) is 2. The van der Waals surface area contributed by atoms with Crippen LogP contribution in [0.1, 0.15) is 17.0 Å². The van der Waals surface area contributed by atoms with Gasteiger partial charge in [-0.3, -0.25) is 0 Å². The highest BCUT2D eigenvalue weighted by atomic mass is 79.9. The Hall–Kier alpha value is -3.16. The maximum Gasteiger partial charge on any atom is 0.205 e. The Kier molecular flexibility index (Phi) is 11.6. The minimum Gasteiger partial charge on any atom is -0.496 e. The van der Waals surface area contributed by atoms with Gasteiger partial charge in [0.1, 0.15) is 24.7 Å². The van der Waals surface area contributed by atoms with Crippen LogP contribution in [0, 0.1) is 6.92 Å². The largest absolute Gasteiger partial charge is 0.496 e. The van der Waals surface area contributed by atoms with E-state index in [0.717, 1.165) is 55.6 Å². The first kappa shape index (κ1) is 30.4. The van der Waals surface area contributed by atoms with Crippen LogP contribution in [-0.4, -0.2) is 64.6 Å². The SMILES string of the molecule is COOCc1cc2cc(OC)c(C)c(OC)c2[nH]1.COOCc1cc2cc(OC)c(OCCBr)c(OC)c2[nH]1. The number of halogens is 1. The van der Waals surface area contributed by atoms with Crippen molar-refractivity contribution in [3.8, 4) is 28.7 Å². The van der Waals surface area contributed by atoms with Crippen molar-refractivity contribution in [2.45, 2.75) is 20.1 Å². The number of aromatic nitrogens is 2. The molecule has 0 fully saturated rings. The standard InChI is InChI=1S/C14H18BrNO5.C13H17NO4/c1-17-11-7-9-6-10(8-21-19-3)16-12(9)14(18-2)13(11)20-5-4-15;1-8-11(15-2)6-9-5-10(7-18-17-4)14-12(9)13(8)16-3/h6-7,16H,4-5,8H2,1-3H3;5-6,14H,7H2,1-4H3. The second-order valence-corrected chi connectivity index (χ2v) is 8.88. The van der Waals surface area contributed by atoms with Crippen LogP contribution < -0.4 is 23.7 Å². The minimum absolute atomic E-state index is 0.314. The molecule has 0 unspecified atom stereocenters. The number of hydrogen-bond donors (Lipinski definition) is 2. The summed E-state index contributed by atoms with van der Waals surface area (Å²) in [5.41, 5.74) is 4.51. The molecular formula is C27H35BrN2O9. The lowest BCUT2D eigenvalue weighted by Gasteiger charge is -2.14.